The minimum Gasteiger partial charge on any atom is -0.381 e. The Kier molecular flexibility index (Phi) is 4.53. The zero-order valence-corrected chi connectivity index (χ0v) is 11.6. The van der Waals surface area contributed by atoms with E-state index in [-0.39, 0.29) is 0 Å². The molecule has 0 aliphatic carbocycles. The van der Waals surface area contributed by atoms with Gasteiger partial charge in [0.05, 0.1) is 6.61 Å². The maximum atomic E-state index is 5.44. The van der Waals surface area contributed by atoms with E-state index < -0.39 is 0 Å². The molecule has 0 saturated carbocycles. The van der Waals surface area contributed by atoms with Crippen molar-refractivity contribution in [3.63, 3.8) is 0 Å². The molecule has 0 bridgehead atoms. The highest BCUT2D eigenvalue weighted by molar-refractivity contribution is 5.46. The molecular weight excluding hydrogens is 226 g/mol. The maximum Gasteiger partial charge on any atom is 0.136 e. The monoisotopic (exact) mass is 249 g/mol. The lowest BCUT2D eigenvalue weighted by Crippen LogP contribution is -2.13. The summed E-state index contributed by atoms with van der Waals surface area (Å²) in [6, 6.07) is 0. The third kappa shape index (κ3) is 2.80. The van der Waals surface area contributed by atoms with E-state index in [0.29, 0.717) is 5.92 Å². The van der Waals surface area contributed by atoms with Gasteiger partial charge in [0.1, 0.15) is 11.6 Å². The zero-order valence-electron chi connectivity index (χ0n) is 11.6. The van der Waals surface area contributed by atoms with E-state index in [9.17, 15) is 0 Å². The van der Waals surface area contributed by atoms with Crippen LogP contribution < -0.4 is 5.32 Å². The number of hydrogen-bond donors (Lipinski definition) is 1. The SMILES string of the molecule is CCCNc1nc(C2CCOC2)nc(CC)c1C. The van der Waals surface area contributed by atoms with Gasteiger partial charge in [-0.25, -0.2) is 9.97 Å². The van der Waals surface area contributed by atoms with E-state index >= 15 is 0 Å². The molecule has 1 aliphatic heterocycles. The Morgan fingerprint density at radius 3 is 2.78 bits per heavy atom. The van der Waals surface area contributed by atoms with Gasteiger partial charge in [-0.05, 0) is 26.2 Å². The summed E-state index contributed by atoms with van der Waals surface area (Å²) in [5.74, 6) is 2.33. The first-order valence-corrected chi connectivity index (χ1v) is 6.95. The zero-order chi connectivity index (χ0) is 13.0. The normalized spacial score (nSPS) is 19.2. The summed E-state index contributed by atoms with van der Waals surface area (Å²) in [6.07, 6.45) is 3.10. The van der Waals surface area contributed by atoms with Crippen LogP contribution >= 0.6 is 0 Å². The topological polar surface area (TPSA) is 47.0 Å². The Labute approximate surface area is 109 Å². The highest BCUT2D eigenvalue weighted by atomic mass is 16.5. The number of nitrogens with zero attached hydrogens (tertiary/aromatic N) is 2. The summed E-state index contributed by atoms with van der Waals surface area (Å²) in [5, 5.41) is 3.41. The predicted molar refractivity (Wildman–Crippen MR) is 73.1 cm³/mol. The average molecular weight is 249 g/mol. The van der Waals surface area contributed by atoms with Crippen LogP contribution in [0.3, 0.4) is 0 Å². The maximum absolute atomic E-state index is 5.44. The predicted octanol–water partition coefficient (Wildman–Crippen LogP) is 2.67. The van der Waals surface area contributed by atoms with Crippen LogP contribution in [0.5, 0.6) is 0 Å². The van der Waals surface area contributed by atoms with E-state index in [1.807, 2.05) is 0 Å². The van der Waals surface area contributed by atoms with Gasteiger partial charge in [0.2, 0.25) is 0 Å². The minimum absolute atomic E-state index is 0.373. The molecule has 1 fully saturated rings. The molecule has 0 spiro atoms. The Morgan fingerprint density at radius 1 is 1.33 bits per heavy atom. The van der Waals surface area contributed by atoms with Crippen LogP contribution in [0.4, 0.5) is 5.82 Å². The third-order valence-electron chi connectivity index (χ3n) is 3.44. The molecule has 2 rings (SSSR count). The molecule has 18 heavy (non-hydrogen) atoms. The number of rotatable bonds is 5. The highest BCUT2D eigenvalue weighted by Crippen LogP contribution is 2.25. The molecule has 1 unspecified atom stereocenters. The average Bonchev–Trinajstić information content (AvgIpc) is 2.91. The van der Waals surface area contributed by atoms with Crippen molar-refractivity contribution in [2.75, 3.05) is 25.1 Å². The molecule has 1 aliphatic rings. The van der Waals surface area contributed by atoms with Gasteiger partial charge in [-0.2, -0.15) is 0 Å². The molecule has 4 nitrogen and oxygen atoms in total. The lowest BCUT2D eigenvalue weighted by Gasteiger charge is -2.15. The lowest BCUT2D eigenvalue weighted by atomic mass is 10.1. The Bertz CT molecular complexity index is 400. The molecule has 0 radical (unpaired) electrons. The van der Waals surface area contributed by atoms with Crippen molar-refractivity contribution in [3.8, 4) is 0 Å². The first-order valence-electron chi connectivity index (χ1n) is 6.95. The van der Waals surface area contributed by atoms with Gasteiger partial charge < -0.3 is 10.1 Å². The third-order valence-corrected chi connectivity index (χ3v) is 3.44. The lowest BCUT2D eigenvalue weighted by molar-refractivity contribution is 0.193. The van der Waals surface area contributed by atoms with Crippen molar-refractivity contribution in [2.24, 2.45) is 0 Å². The van der Waals surface area contributed by atoms with Crippen LogP contribution in [-0.4, -0.2) is 29.7 Å². The molecular formula is C14H23N3O. The van der Waals surface area contributed by atoms with E-state index in [1.54, 1.807) is 0 Å². The summed E-state index contributed by atoms with van der Waals surface area (Å²) >= 11 is 0. The molecule has 0 aromatic carbocycles. The largest absolute Gasteiger partial charge is 0.381 e. The summed E-state index contributed by atoms with van der Waals surface area (Å²) < 4.78 is 5.44. The second-order valence-electron chi connectivity index (χ2n) is 4.84. The highest BCUT2D eigenvalue weighted by Gasteiger charge is 2.22. The Hall–Kier alpha value is -1.16. The summed E-state index contributed by atoms with van der Waals surface area (Å²) in [5.41, 5.74) is 2.35. The Morgan fingerprint density at radius 2 is 2.17 bits per heavy atom. The fourth-order valence-electron chi connectivity index (χ4n) is 2.26. The quantitative estimate of drug-likeness (QED) is 0.871. The summed E-state index contributed by atoms with van der Waals surface area (Å²) in [4.78, 5) is 9.41. The van der Waals surface area contributed by atoms with Gasteiger partial charge in [0.25, 0.3) is 0 Å². The van der Waals surface area contributed by atoms with Crippen molar-refractivity contribution in [1.29, 1.82) is 0 Å². The second-order valence-corrected chi connectivity index (χ2v) is 4.84. The van der Waals surface area contributed by atoms with Gasteiger partial charge >= 0.3 is 0 Å². The van der Waals surface area contributed by atoms with Crippen molar-refractivity contribution in [1.82, 2.24) is 9.97 Å². The Balaban J connectivity index is 2.29. The number of aryl methyl sites for hydroxylation is 1. The van der Waals surface area contributed by atoms with E-state index in [2.05, 4.69) is 26.1 Å². The van der Waals surface area contributed by atoms with Crippen molar-refractivity contribution < 1.29 is 4.74 Å². The first kappa shape index (κ1) is 13.3. The molecule has 4 heteroatoms. The van der Waals surface area contributed by atoms with Crippen LogP contribution in [0.1, 0.15) is 49.7 Å². The first-order chi connectivity index (χ1) is 8.76. The van der Waals surface area contributed by atoms with Crippen molar-refractivity contribution >= 4 is 5.82 Å². The van der Waals surface area contributed by atoms with Crippen LogP contribution in [0.2, 0.25) is 0 Å². The minimum atomic E-state index is 0.373. The molecule has 1 aromatic heterocycles. The summed E-state index contributed by atoms with van der Waals surface area (Å²) in [7, 11) is 0. The van der Waals surface area contributed by atoms with Gasteiger partial charge in [-0.3, -0.25) is 0 Å². The van der Waals surface area contributed by atoms with Crippen LogP contribution in [-0.2, 0) is 11.2 Å². The van der Waals surface area contributed by atoms with Gasteiger partial charge in [-0.15, -0.1) is 0 Å². The fourth-order valence-corrected chi connectivity index (χ4v) is 2.26. The second kappa shape index (κ2) is 6.14. The van der Waals surface area contributed by atoms with Crippen molar-refractivity contribution in [3.05, 3.63) is 17.1 Å². The molecule has 100 valence electrons. The molecule has 2 heterocycles. The van der Waals surface area contributed by atoms with Crippen LogP contribution in [0, 0.1) is 6.92 Å². The van der Waals surface area contributed by atoms with Gasteiger partial charge in [0, 0.05) is 30.3 Å². The standard InChI is InChI=1S/C14H23N3O/c1-4-7-15-13-10(3)12(5-2)16-14(17-13)11-6-8-18-9-11/h11H,4-9H2,1-3H3,(H,15,16,17). The van der Waals surface area contributed by atoms with Crippen LogP contribution in [0.15, 0.2) is 0 Å². The van der Waals surface area contributed by atoms with Gasteiger partial charge in [-0.1, -0.05) is 13.8 Å². The smallest absolute Gasteiger partial charge is 0.136 e. The van der Waals surface area contributed by atoms with Crippen LogP contribution in [0.25, 0.3) is 0 Å². The fraction of sp³-hybridized carbons (Fsp3) is 0.714. The van der Waals surface area contributed by atoms with E-state index in [0.717, 1.165) is 56.4 Å². The molecule has 1 N–H and O–H groups in total. The number of ether oxygens (including phenoxy) is 1. The molecule has 1 aromatic rings. The number of aromatic nitrogens is 2. The van der Waals surface area contributed by atoms with Crippen molar-refractivity contribution in [2.45, 2.75) is 46.0 Å². The number of nitrogens with one attached hydrogen (secondary N) is 1. The van der Waals surface area contributed by atoms with E-state index in [1.165, 1.54) is 5.56 Å². The van der Waals surface area contributed by atoms with E-state index in [4.69, 9.17) is 14.7 Å². The molecule has 0 amide bonds. The molecule has 1 saturated heterocycles. The number of hydrogen-bond acceptors (Lipinski definition) is 4. The molecule has 1 atom stereocenters. The number of anilines is 1. The summed E-state index contributed by atoms with van der Waals surface area (Å²) in [6.45, 7) is 8.97. The van der Waals surface area contributed by atoms with Gasteiger partial charge in [0.15, 0.2) is 0 Å².